The second-order valence-electron chi connectivity index (χ2n) is 8.40. The molecule has 0 saturated heterocycles. The number of amides is 1. The molecule has 0 heterocycles. The van der Waals surface area contributed by atoms with Gasteiger partial charge in [-0.1, -0.05) is 65.7 Å². The van der Waals surface area contributed by atoms with Crippen molar-refractivity contribution in [3.05, 3.63) is 100 Å². The Kier molecular flexibility index (Phi) is 9.87. The Morgan fingerprint density at radius 3 is 2.08 bits per heavy atom. The summed E-state index contributed by atoms with van der Waals surface area (Å²) < 4.78 is 28.5. The molecule has 0 bridgehead atoms. The van der Waals surface area contributed by atoms with Crippen LogP contribution in [0.2, 0.25) is 10.0 Å². The summed E-state index contributed by atoms with van der Waals surface area (Å²) in [4.78, 5) is 16.2. The molecular weight excluding hydrogens is 549 g/mol. The van der Waals surface area contributed by atoms with Gasteiger partial charge in [0.1, 0.15) is 6.04 Å². The summed E-state index contributed by atoms with van der Waals surface area (Å²) in [6.45, 7) is 1.25. The SMILES string of the molecule is CC(O)C(NC(=NCC(C(=N)c1ccc(Cl)cc1)c1ccccc1)NS(=O)(=O)c1ccc(Cl)cc1)C(N)=O. The lowest BCUT2D eigenvalue weighted by atomic mass is 9.90. The summed E-state index contributed by atoms with van der Waals surface area (Å²) in [5.41, 5.74) is 7.00. The molecule has 1 amide bonds. The maximum absolute atomic E-state index is 13.1. The summed E-state index contributed by atoms with van der Waals surface area (Å²) in [5, 5.41) is 22.4. The molecule has 3 rings (SSSR count). The van der Waals surface area contributed by atoms with Crippen LogP contribution < -0.4 is 15.8 Å². The Hall–Kier alpha value is -3.44. The van der Waals surface area contributed by atoms with Crippen molar-refractivity contribution in [1.29, 1.82) is 5.41 Å². The molecule has 3 aromatic carbocycles. The first-order valence-corrected chi connectivity index (χ1v) is 13.7. The number of benzene rings is 3. The van der Waals surface area contributed by atoms with Crippen molar-refractivity contribution >= 4 is 50.8 Å². The number of aliphatic imine (C=N–C) groups is 1. The molecule has 0 fully saturated rings. The van der Waals surface area contributed by atoms with Crippen LogP contribution in [-0.4, -0.2) is 49.8 Å². The van der Waals surface area contributed by atoms with Crippen molar-refractivity contribution in [2.45, 2.75) is 29.9 Å². The average molecular weight is 577 g/mol. The molecule has 3 atom stereocenters. The van der Waals surface area contributed by atoms with Gasteiger partial charge in [-0.05, 0) is 54.4 Å². The Labute approximate surface area is 231 Å². The van der Waals surface area contributed by atoms with E-state index in [1.165, 1.54) is 31.2 Å². The van der Waals surface area contributed by atoms with E-state index in [-0.39, 0.29) is 23.1 Å². The monoisotopic (exact) mass is 575 g/mol. The molecule has 3 aromatic rings. The number of hydrogen-bond acceptors (Lipinski definition) is 6. The summed E-state index contributed by atoms with van der Waals surface area (Å²) in [6, 6.07) is 20.0. The molecule has 0 aliphatic rings. The van der Waals surface area contributed by atoms with Gasteiger partial charge in [-0.2, -0.15) is 0 Å². The molecule has 0 aliphatic carbocycles. The number of rotatable bonds is 10. The number of primary amides is 1. The second kappa shape index (κ2) is 12.9. The van der Waals surface area contributed by atoms with Gasteiger partial charge in [-0.3, -0.25) is 9.79 Å². The zero-order valence-corrected chi connectivity index (χ0v) is 22.6. The molecule has 0 aliphatic heterocycles. The van der Waals surface area contributed by atoms with E-state index in [2.05, 4.69) is 15.0 Å². The first-order valence-electron chi connectivity index (χ1n) is 11.4. The van der Waals surface area contributed by atoms with Crippen molar-refractivity contribution in [2.24, 2.45) is 10.7 Å². The number of hydrogen-bond donors (Lipinski definition) is 5. The van der Waals surface area contributed by atoms with Crippen LogP contribution in [0.15, 0.2) is 88.8 Å². The number of nitrogens with one attached hydrogen (secondary N) is 3. The van der Waals surface area contributed by atoms with Gasteiger partial charge in [0.25, 0.3) is 10.0 Å². The fourth-order valence-electron chi connectivity index (χ4n) is 3.55. The lowest BCUT2D eigenvalue weighted by Gasteiger charge is -2.23. The van der Waals surface area contributed by atoms with Gasteiger partial charge in [-0.25, -0.2) is 13.1 Å². The molecule has 0 aromatic heterocycles. The van der Waals surface area contributed by atoms with Gasteiger partial charge < -0.3 is 21.6 Å². The standard InChI is InChI=1S/C26H27Cl2N5O4S/c1-16(34)24(25(30)35)32-26(33-38(36,37)21-13-11-20(28)12-14-21)31-15-22(17-5-3-2-4-6-17)23(29)18-7-9-19(27)10-8-18/h2-14,16,22,24,29,34H,15H2,1H3,(H2,30,35)(H2,31,32,33). The number of halogens is 2. The van der Waals surface area contributed by atoms with E-state index in [0.717, 1.165) is 5.56 Å². The predicted molar refractivity (Wildman–Crippen MR) is 149 cm³/mol. The van der Waals surface area contributed by atoms with Gasteiger partial charge >= 0.3 is 0 Å². The number of carbonyl (C=O) groups is 1. The normalized spacial score (nSPS) is 14.3. The van der Waals surface area contributed by atoms with Gasteiger partial charge in [0.2, 0.25) is 11.9 Å². The van der Waals surface area contributed by atoms with E-state index in [4.69, 9.17) is 34.3 Å². The van der Waals surface area contributed by atoms with E-state index in [0.29, 0.717) is 15.6 Å². The molecule has 0 spiro atoms. The smallest absolute Gasteiger partial charge is 0.264 e. The zero-order chi connectivity index (χ0) is 27.9. The van der Waals surface area contributed by atoms with E-state index in [1.54, 1.807) is 24.3 Å². The minimum absolute atomic E-state index is 0.0811. The highest BCUT2D eigenvalue weighted by Gasteiger charge is 2.26. The molecule has 6 N–H and O–H groups in total. The van der Waals surface area contributed by atoms with Gasteiger partial charge in [0, 0.05) is 21.7 Å². The number of aliphatic hydroxyl groups is 1. The fourth-order valence-corrected chi connectivity index (χ4v) is 4.79. The topological polar surface area (TPSA) is 158 Å². The Morgan fingerprint density at radius 1 is 1.00 bits per heavy atom. The van der Waals surface area contributed by atoms with Crippen LogP contribution in [0.3, 0.4) is 0 Å². The number of nitrogens with two attached hydrogens (primary N) is 1. The van der Waals surface area contributed by atoms with Crippen molar-refractivity contribution in [2.75, 3.05) is 6.54 Å². The minimum atomic E-state index is -4.17. The van der Waals surface area contributed by atoms with Crippen LogP contribution in [-0.2, 0) is 14.8 Å². The van der Waals surface area contributed by atoms with Crippen molar-refractivity contribution in [3.63, 3.8) is 0 Å². The number of aliphatic hydroxyl groups excluding tert-OH is 1. The number of guanidine groups is 1. The Bertz CT molecular complexity index is 1400. The highest BCUT2D eigenvalue weighted by atomic mass is 35.5. The lowest BCUT2D eigenvalue weighted by molar-refractivity contribution is -0.121. The average Bonchev–Trinajstić information content (AvgIpc) is 2.87. The van der Waals surface area contributed by atoms with Crippen molar-refractivity contribution in [3.8, 4) is 0 Å². The summed E-state index contributed by atoms with van der Waals surface area (Å²) in [6.07, 6.45) is -1.25. The van der Waals surface area contributed by atoms with Crippen molar-refractivity contribution in [1.82, 2.24) is 10.0 Å². The highest BCUT2D eigenvalue weighted by molar-refractivity contribution is 7.90. The molecule has 38 heavy (non-hydrogen) atoms. The molecule has 200 valence electrons. The van der Waals surface area contributed by atoms with Crippen LogP contribution in [0.5, 0.6) is 0 Å². The third-order valence-corrected chi connectivity index (χ3v) is 7.43. The minimum Gasteiger partial charge on any atom is -0.391 e. The molecule has 3 unspecified atom stereocenters. The van der Waals surface area contributed by atoms with Crippen LogP contribution in [0.4, 0.5) is 0 Å². The van der Waals surface area contributed by atoms with Gasteiger partial charge in [-0.15, -0.1) is 0 Å². The van der Waals surface area contributed by atoms with E-state index in [9.17, 15) is 18.3 Å². The quantitative estimate of drug-likeness (QED) is 0.185. The molecular formula is C26H27Cl2N5O4S. The summed E-state index contributed by atoms with van der Waals surface area (Å²) >= 11 is 11.9. The molecule has 12 heteroatoms. The van der Waals surface area contributed by atoms with Crippen LogP contribution in [0, 0.1) is 5.41 Å². The lowest BCUT2D eigenvalue weighted by Crippen LogP contribution is -2.55. The Balaban J connectivity index is 2.00. The number of sulfonamides is 1. The molecule has 0 saturated carbocycles. The second-order valence-corrected chi connectivity index (χ2v) is 11.0. The highest BCUT2D eigenvalue weighted by Crippen LogP contribution is 2.23. The Morgan fingerprint density at radius 2 is 1.55 bits per heavy atom. The first kappa shape index (κ1) is 29.1. The predicted octanol–water partition coefficient (Wildman–Crippen LogP) is 3.30. The number of nitrogens with zero attached hydrogens (tertiary/aromatic N) is 1. The molecule has 0 radical (unpaired) electrons. The fraction of sp³-hybridized carbons (Fsp3) is 0.192. The van der Waals surface area contributed by atoms with Gasteiger partial charge in [0.15, 0.2) is 0 Å². The molecule has 9 nitrogen and oxygen atoms in total. The number of carbonyl (C=O) groups excluding carboxylic acids is 1. The maximum atomic E-state index is 13.1. The van der Waals surface area contributed by atoms with E-state index >= 15 is 0 Å². The first-order chi connectivity index (χ1) is 18.0. The third kappa shape index (κ3) is 7.78. The van der Waals surface area contributed by atoms with Crippen LogP contribution in [0.25, 0.3) is 0 Å². The maximum Gasteiger partial charge on any atom is 0.264 e. The van der Waals surface area contributed by atoms with Gasteiger partial charge in [0.05, 0.1) is 17.5 Å². The third-order valence-electron chi connectivity index (χ3n) is 5.57. The van der Waals surface area contributed by atoms with E-state index < -0.39 is 34.0 Å². The van der Waals surface area contributed by atoms with Crippen LogP contribution in [0.1, 0.15) is 24.0 Å². The summed E-state index contributed by atoms with van der Waals surface area (Å²) in [5.74, 6) is -1.82. The summed E-state index contributed by atoms with van der Waals surface area (Å²) in [7, 11) is -4.17. The van der Waals surface area contributed by atoms with E-state index in [1.807, 2.05) is 30.3 Å². The van der Waals surface area contributed by atoms with Crippen LogP contribution >= 0.6 is 23.2 Å². The largest absolute Gasteiger partial charge is 0.391 e. The zero-order valence-electron chi connectivity index (χ0n) is 20.3. The van der Waals surface area contributed by atoms with Crippen molar-refractivity contribution < 1.29 is 18.3 Å².